The van der Waals surface area contributed by atoms with Gasteiger partial charge in [0, 0.05) is 37.3 Å². The smallest absolute Gasteiger partial charge is 0.248 e. The summed E-state index contributed by atoms with van der Waals surface area (Å²) in [6, 6.07) is 13.0. The van der Waals surface area contributed by atoms with Crippen molar-refractivity contribution in [3.8, 4) is 11.3 Å². The Labute approximate surface area is 176 Å². The van der Waals surface area contributed by atoms with Gasteiger partial charge in [0.2, 0.25) is 11.8 Å². The van der Waals surface area contributed by atoms with Gasteiger partial charge in [0.25, 0.3) is 0 Å². The fourth-order valence-electron chi connectivity index (χ4n) is 4.06. The van der Waals surface area contributed by atoms with Crippen LogP contribution in [0.4, 0.5) is 0 Å². The molecule has 2 aliphatic heterocycles. The number of rotatable bonds is 5. The molecule has 7 nitrogen and oxygen atoms in total. The minimum absolute atomic E-state index is 0.169. The van der Waals surface area contributed by atoms with Crippen molar-refractivity contribution >= 4 is 11.8 Å². The number of likely N-dealkylation sites (tertiary alicyclic amines) is 1. The molecule has 3 heterocycles. The molecular formula is C23H28N4O3. The van der Waals surface area contributed by atoms with Gasteiger partial charge in [-0.3, -0.25) is 19.5 Å². The van der Waals surface area contributed by atoms with Crippen LogP contribution in [0.2, 0.25) is 0 Å². The van der Waals surface area contributed by atoms with Crippen LogP contribution in [0.3, 0.4) is 0 Å². The molecule has 0 aliphatic carbocycles. The number of primary amides is 1. The van der Waals surface area contributed by atoms with E-state index in [1.807, 2.05) is 35.2 Å². The molecule has 158 valence electrons. The second kappa shape index (κ2) is 9.36. The van der Waals surface area contributed by atoms with Crippen LogP contribution in [0.5, 0.6) is 0 Å². The molecule has 4 rings (SSSR count). The van der Waals surface area contributed by atoms with Gasteiger partial charge in [-0.05, 0) is 43.5 Å². The van der Waals surface area contributed by atoms with Gasteiger partial charge in [-0.25, -0.2) is 0 Å². The van der Waals surface area contributed by atoms with Gasteiger partial charge in [-0.2, -0.15) is 0 Å². The number of pyridine rings is 1. The molecule has 2 aliphatic rings. The molecule has 7 heteroatoms. The lowest BCUT2D eigenvalue weighted by atomic mass is 10.1. The van der Waals surface area contributed by atoms with Gasteiger partial charge in [-0.1, -0.05) is 18.2 Å². The van der Waals surface area contributed by atoms with Gasteiger partial charge in [0.1, 0.15) is 6.10 Å². The molecular weight excluding hydrogens is 380 g/mol. The Bertz CT molecular complexity index is 894. The van der Waals surface area contributed by atoms with E-state index in [0.29, 0.717) is 25.3 Å². The van der Waals surface area contributed by atoms with E-state index in [9.17, 15) is 9.59 Å². The molecule has 0 bridgehead atoms. The number of morpholine rings is 1. The molecule has 1 atom stereocenters. The maximum atomic E-state index is 12.6. The number of hydrogen-bond donors (Lipinski definition) is 1. The molecule has 2 N–H and O–H groups in total. The van der Waals surface area contributed by atoms with E-state index in [-0.39, 0.29) is 12.0 Å². The molecule has 2 saturated heterocycles. The number of piperidine rings is 1. The molecule has 2 fully saturated rings. The minimum atomic E-state index is -0.446. The summed E-state index contributed by atoms with van der Waals surface area (Å²) in [4.78, 5) is 32.8. The summed E-state index contributed by atoms with van der Waals surface area (Å²) in [5, 5.41) is 0. The lowest BCUT2D eigenvalue weighted by Gasteiger charge is -2.34. The molecule has 0 saturated carbocycles. The predicted molar refractivity (Wildman–Crippen MR) is 114 cm³/mol. The fourth-order valence-corrected chi connectivity index (χ4v) is 4.06. The van der Waals surface area contributed by atoms with Gasteiger partial charge in [0.05, 0.1) is 24.5 Å². The van der Waals surface area contributed by atoms with Gasteiger partial charge >= 0.3 is 0 Å². The summed E-state index contributed by atoms with van der Waals surface area (Å²) in [6.07, 6.45) is 3.26. The lowest BCUT2D eigenvalue weighted by molar-refractivity contribution is -0.135. The first-order valence-corrected chi connectivity index (χ1v) is 10.6. The number of nitrogens with two attached hydrogens (primary N) is 1. The number of benzene rings is 1. The normalized spacial score (nSPS) is 20.1. The third kappa shape index (κ3) is 4.86. The number of carbonyl (C=O) groups is 2. The van der Waals surface area contributed by atoms with Crippen molar-refractivity contribution in [3.63, 3.8) is 0 Å². The summed E-state index contributed by atoms with van der Waals surface area (Å²) in [6.45, 7) is 4.18. The van der Waals surface area contributed by atoms with Crippen LogP contribution < -0.4 is 5.73 Å². The largest absolute Gasteiger partial charge is 0.369 e. The summed E-state index contributed by atoms with van der Waals surface area (Å²) in [5.74, 6) is -0.232. The average Bonchev–Trinajstić information content (AvgIpc) is 2.80. The van der Waals surface area contributed by atoms with Crippen LogP contribution >= 0.6 is 0 Å². The third-order valence-electron chi connectivity index (χ3n) is 5.78. The van der Waals surface area contributed by atoms with Crippen molar-refractivity contribution in [1.29, 1.82) is 0 Å². The van der Waals surface area contributed by atoms with Gasteiger partial charge in [0.15, 0.2) is 0 Å². The van der Waals surface area contributed by atoms with Crippen LogP contribution in [0.15, 0.2) is 42.5 Å². The number of amides is 2. The first-order chi connectivity index (χ1) is 14.6. The number of ether oxygens (including phenoxy) is 1. The van der Waals surface area contributed by atoms with E-state index < -0.39 is 5.91 Å². The van der Waals surface area contributed by atoms with Gasteiger partial charge in [-0.15, -0.1) is 0 Å². The molecule has 2 aromatic rings. The van der Waals surface area contributed by atoms with Crippen molar-refractivity contribution in [2.75, 3.05) is 39.3 Å². The summed E-state index contributed by atoms with van der Waals surface area (Å²) >= 11 is 0. The number of aromatic nitrogens is 1. The van der Waals surface area contributed by atoms with Crippen molar-refractivity contribution in [2.24, 2.45) is 5.73 Å². The monoisotopic (exact) mass is 408 g/mol. The highest BCUT2D eigenvalue weighted by atomic mass is 16.5. The van der Waals surface area contributed by atoms with Gasteiger partial charge < -0.3 is 15.4 Å². The zero-order valence-electron chi connectivity index (χ0n) is 17.1. The number of carbonyl (C=O) groups excluding carboxylic acids is 2. The van der Waals surface area contributed by atoms with Crippen molar-refractivity contribution in [3.05, 3.63) is 53.7 Å². The zero-order valence-corrected chi connectivity index (χ0v) is 17.1. The van der Waals surface area contributed by atoms with E-state index in [0.717, 1.165) is 49.4 Å². The standard InChI is InChI=1S/C23H28N4O3/c24-23(29)18-9-7-17(8-10-18)19-5-4-6-20(25-19)21-15-26(13-14-30-21)16-22(28)27-11-2-1-3-12-27/h4-10,21H,1-3,11-16H2,(H2,24,29)/t21-/m1/s1. The van der Waals surface area contributed by atoms with Crippen molar-refractivity contribution in [1.82, 2.24) is 14.8 Å². The minimum Gasteiger partial charge on any atom is -0.369 e. The maximum Gasteiger partial charge on any atom is 0.248 e. The Hall–Kier alpha value is -2.77. The van der Waals surface area contributed by atoms with Crippen molar-refractivity contribution in [2.45, 2.75) is 25.4 Å². The predicted octanol–water partition coefficient (Wildman–Crippen LogP) is 2.23. The summed E-state index contributed by atoms with van der Waals surface area (Å²) in [7, 11) is 0. The number of hydrogen-bond acceptors (Lipinski definition) is 5. The zero-order chi connectivity index (χ0) is 20.9. The molecule has 1 aromatic carbocycles. The van der Waals surface area contributed by atoms with E-state index >= 15 is 0 Å². The molecule has 2 amide bonds. The average molecular weight is 409 g/mol. The Morgan fingerprint density at radius 1 is 1.03 bits per heavy atom. The molecule has 1 aromatic heterocycles. The summed E-state index contributed by atoms with van der Waals surface area (Å²) < 4.78 is 5.97. The van der Waals surface area contributed by atoms with E-state index in [4.69, 9.17) is 15.5 Å². The summed E-state index contributed by atoms with van der Waals surface area (Å²) in [5.41, 5.74) is 8.36. The fraction of sp³-hybridized carbons (Fsp3) is 0.435. The molecule has 30 heavy (non-hydrogen) atoms. The van der Waals surface area contributed by atoms with Crippen molar-refractivity contribution < 1.29 is 14.3 Å². The Balaban J connectivity index is 1.42. The SMILES string of the molecule is NC(=O)c1ccc(-c2cccc([C@H]3CN(CC(=O)N4CCCCC4)CCO3)n2)cc1. The second-order valence-electron chi connectivity index (χ2n) is 7.93. The van der Waals surface area contributed by atoms with Crippen LogP contribution in [-0.4, -0.2) is 65.9 Å². The Morgan fingerprint density at radius 2 is 1.80 bits per heavy atom. The lowest BCUT2D eigenvalue weighted by Crippen LogP contribution is -2.46. The highest BCUT2D eigenvalue weighted by Gasteiger charge is 2.26. The van der Waals surface area contributed by atoms with E-state index in [1.54, 1.807) is 12.1 Å². The second-order valence-corrected chi connectivity index (χ2v) is 7.93. The molecule has 0 radical (unpaired) electrons. The first-order valence-electron chi connectivity index (χ1n) is 10.6. The first kappa shape index (κ1) is 20.5. The third-order valence-corrected chi connectivity index (χ3v) is 5.78. The highest BCUT2D eigenvalue weighted by Crippen LogP contribution is 2.24. The van der Waals surface area contributed by atoms with Crippen LogP contribution in [0, 0.1) is 0 Å². The Kier molecular flexibility index (Phi) is 6.40. The maximum absolute atomic E-state index is 12.6. The molecule has 0 spiro atoms. The topological polar surface area (TPSA) is 88.8 Å². The van der Waals surface area contributed by atoms with Crippen LogP contribution in [0.1, 0.15) is 41.4 Å². The van der Waals surface area contributed by atoms with Crippen LogP contribution in [-0.2, 0) is 9.53 Å². The van der Waals surface area contributed by atoms with Crippen LogP contribution in [0.25, 0.3) is 11.3 Å². The van der Waals surface area contributed by atoms with E-state index in [2.05, 4.69) is 4.90 Å². The van der Waals surface area contributed by atoms with E-state index in [1.165, 1.54) is 6.42 Å². The molecule has 0 unspecified atom stereocenters. The number of nitrogens with zero attached hydrogens (tertiary/aromatic N) is 3. The Morgan fingerprint density at radius 3 is 2.53 bits per heavy atom. The highest BCUT2D eigenvalue weighted by molar-refractivity contribution is 5.93. The quantitative estimate of drug-likeness (QED) is 0.820.